The number of rotatable bonds is 20. The molecule has 2 N–H and O–H groups in total. The van der Waals surface area contributed by atoms with Gasteiger partial charge in [0.15, 0.2) is 6.10 Å². The minimum atomic E-state index is -0.307. The summed E-state index contributed by atoms with van der Waals surface area (Å²) in [6.07, 6.45) is 14.2. The van der Waals surface area contributed by atoms with Gasteiger partial charge in [0, 0.05) is 18.5 Å². The average molecular weight is 513 g/mol. The predicted molar refractivity (Wildman–Crippen MR) is 134 cm³/mol. The van der Waals surface area contributed by atoms with Crippen LogP contribution in [-0.2, 0) is 4.79 Å². The Bertz CT molecular complexity index is 500. The summed E-state index contributed by atoms with van der Waals surface area (Å²) in [4.78, 5) is 11.6. The highest BCUT2D eigenvalue weighted by Crippen LogP contribution is 2.12. The van der Waals surface area contributed by atoms with E-state index in [2.05, 4.69) is 47.0 Å². The molecule has 1 atom stereocenters. The number of hydrogen-bond acceptors (Lipinski definition) is 2. The van der Waals surface area contributed by atoms with Crippen LogP contribution in [0.15, 0.2) is 12.2 Å². The van der Waals surface area contributed by atoms with Crippen LogP contribution in [0.1, 0.15) is 84.5 Å². The van der Waals surface area contributed by atoms with Gasteiger partial charge in [-0.25, -0.2) is 0 Å². The van der Waals surface area contributed by atoms with Gasteiger partial charge >= 0.3 is 0 Å². The van der Waals surface area contributed by atoms with Gasteiger partial charge in [-0.1, -0.05) is 64.9 Å². The first kappa shape index (κ1) is 37.2. The zero-order valence-corrected chi connectivity index (χ0v) is 24.1. The van der Waals surface area contributed by atoms with Crippen molar-refractivity contribution in [1.82, 2.24) is 5.32 Å². The molecule has 0 aliphatic rings. The van der Waals surface area contributed by atoms with Crippen molar-refractivity contribution in [2.24, 2.45) is 0 Å². The second-order valence-electron chi connectivity index (χ2n) is 10.9. The van der Waals surface area contributed by atoms with E-state index >= 15 is 0 Å². The molecule has 5 nitrogen and oxygen atoms in total. The van der Waals surface area contributed by atoms with Crippen LogP contribution in [0, 0.1) is 0 Å². The molecule has 0 bridgehead atoms. The Labute approximate surface area is 218 Å². The largest absolute Gasteiger partial charge is 1.00 e. The van der Waals surface area contributed by atoms with Crippen molar-refractivity contribution in [2.75, 3.05) is 60.9 Å². The lowest BCUT2D eigenvalue weighted by atomic mass is 10.1. The molecule has 7 heteroatoms. The van der Waals surface area contributed by atoms with Gasteiger partial charge in [0.25, 0.3) is 0 Å². The maximum Gasteiger partial charge on any atom is 0.246 e. The van der Waals surface area contributed by atoms with E-state index in [4.69, 9.17) is 0 Å². The van der Waals surface area contributed by atoms with E-state index < -0.39 is 0 Å². The highest BCUT2D eigenvalue weighted by atomic mass is 35.5. The Morgan fingerprint density at radius 1 is 0.788 bits per heavy atom. The van der Waals surface area contributed by atoms with E-state index in [1.165, 1.54) is 64.2 Å². The molecular formula is C26H55Cl2N3O2. The van der Waals surface area contributed by atoms with Gasteiger partial charge in [-0.3, -0.25) is 4.79 Å². The Kier molecular flexibility index (Phi) is 23.7. The van der Waals surface area contributed by atoms with Crippen LogP contribution >= 0.6 is 0 Å². The maximum atomic E-state index is 11.6. The summed E-state index contributed by atoms with van der Waals surface area (Å²) < 4.78 is 1.65. The molecule has 0 aliphatic heterocycles. The van der Waals surface area contributed by atoms with Crippen molar-refractivity contribution in [3.05, 3.63) is 12.2 Å². The van der Waals surface area contributed by atoms with Gasteiger partial charge in [0.2, 0.25) is 5.91 Å². The lowest BCUT2D eigenvalue weighted by Crippen LogP contribution is -3.00. The molecule has 0 aromatic heterocycles. The summed E-state index contributed by atoms with van der Waals surface area (Å²) in [5.74, 6) is -0.0728. The van der Waals surface area contributed by atoms with Crippen LogP contribution < -0.4 is 30.1 Å². The number of aliphatic hydroxyl groups is 1. The van der Waals surface area contributed by atoms with Gasteiger partial charge in [-0.05, 0) is 19.8 Å². The summed E-state index contributed by atoms with van der Waals surface area (Å²) >= 11 is 0. The number of nitrogens with one attached hydrogen (secondary N) is 1. The van der Waals surface area contributed by atoms with Gasteiger partial charge in [-0.15, -0.1) is 0 Å². The molecule has 0 saturated heterocycles. The molecular weight excluding hydrogens is 457 g/mol. The number of amides is 1. The average Bonchev–Trinajstić information content (AvgIpc) is 2.65. The topological polar surface area (TPSA) is 49.3 Å². The lowest BCUT2D eigenvalue weighted by molar-refractivity contribution is -0.914. The molecule has 0 heterocycles. The number of quaternary nitrogens is 2. The van der Waals surface area contributed by atoms with Crippen molar-refractivity contribution < 1.29 is 43.7 Å². The summed E-state index contributed by atoms with van der Waals surface area (Å²) in [7, 11) is 8.80. The molecule has 0 saturated carbocycles. The first-order valence-electron chi connectivity index (χ1n) is 12.7. The number of carbonyl (C=O) groups is 1. The van der Waals surface area contributed by atoms with Crippen LogP contribution in [0.25, 0.3) is 0 Å². The van der Waals surface area contributed by atoms with Crippen molar-refractivity contribution >= 4 is 5.91 Å². The molecule has 0 fully saturated rings. The molecule has 0 spiro atoms. The second-order valence-corrected chi connectivity index (χ2v) is 10.9. The van der Waals surface area contributed by atoms with Crippen LogP contribution in [0.2, 0.25) is 0 Å². The number of carbonyl (C=O) groups excluding carboxylic acids is 1. The fraction of sp³-hybridized carbons (Fsp3) is 0.885. The molecule has 0 radical (unpaired) electrons. The zero-order valence-electron chi connectivity index (χ0n) is 22.6. The van der Waals surface area contributed by atoms with Crippen LogP contribution in [-0.4, -0.2) is 87.0 Å². The van der Waals surface area contributed by atoms with Crippen molar-refractivity contribution in [2.45, 2.75) is 90.6 Å². The first-order chi connectivity index (χ1) is 14.5. The molecule has 1 amide bonds. The smallest absolute Gasteiger partial charge is 0.246 e. The zero-order chi connectivity index (χ0) is 23.8. The number of likely N-dealkylation sites (N-methyl/N-ethyl adjacent to an activating group) is 2. The van der Waals surface area contributed by atoms with Crippen LogP contribution in [0.3, 0.4) is 0 Å². The number of hydrogen-bond donors (Lipinski definition) is 2. The van der Waals surface area contributed by atoms with E-state index in [1.54, 1.807) is 6.92 Å². The summed E-state index contributed by atoms with van der Waals surface area (Å²) in [6, 6.07) is 0. The third-order valence-corrected chi connectivity index (χ3v) is 6.14. The SMILES string of the molecule is C=C(C)C(=O)NCCC[N+](C)(C)CC(O)C[N+](C)(C)CCCCCCCCCCCC.[Cl-].[Cl-]. The molecule has 0 aromatic rings. The summed E-state index contributed by atoms with van der Waals surface area (Å²) in [5.41, 5.74) is 0.548. The number of unbranched alkanes of at least 4 members (excludes halogenated alkanes) is 9. The summed E-state index contributed by atoms with van der Waals surface area (Å²) in [6.45, 7) is 11.9. The van der Waals surface area contributed by atoms with Gasteiger partial charge in [0.1, 0.15) is 13.1 Å². The van der Waals surface area contributed by atoms with Crippen molar-refractivity contribution in [3.8, 4) is 0 Å². The standard InChI is InChI=1S/C26H54N3O2.2ClH/c1-8-9-10-11-12-13-14-15-16-17-20-28(4,5)22-25(30)23-29(6,7)21-18-19-27-26(31)24(2)3;;/h25,30H,2,8-23H2,1,3-7H3;2*1H/q+1;;/p-1. The highest BCUT2D eigenvalue weighted by Gasteiger charge is 2.26. The van der Waals surface area contributed by atoms with Gasteiger partial charge in [-0.2, -0.15) is 0 Å². The quantitative estimate of drug-likeness (QED) is 0.119. The van der Waals surface area contributed by atoms with E-state index in [9.17, 15) is 9.90 Å². The van der Waals surface area contributed by atoms with Crippen molar-refractivity contribution in [3.63, 3.8) is 0 Å². The minimum Gasteiger partial charge on any atom is -1.00 e. The Hall–Kier alpha value is -0.330. The molecule has 0 rings (SSSR count). The number of aliphatic hydroxyl groups excluding tert-OH is 1. The molecule has 0 aliphatic carbocycles. The van der Waals surface area contributed by atoms with E-state index in [1.807, 2.05) is 0 Å². The Balaban J connectivity index is -0.00000450. The minimum absolute atomic E-state index is 0. The van der Waals surface area contributed by atoms with E-state index in [0.29, 0.717) is 12.1 Å². The molecule has 0 aromatic carbocycles. The highest BCUT2D eigenvalue weighted by molar-refractivity contribution is 5.91. The lowest BCUT2D eigenvalue weighted by Gasteiger charge is -2.36. The van der Waals surface area contributed by atoms with E-state index in [-0.39, 0.29) is 36.8 Å². The fourth-order valence-electron chi connectivity index (χ4n) is 4.27. The second kappa shape index (κ2) is 21.0. The van der Waals surface area contributed by atoms with Gasteiger partial charge in [0.05, 0.1) is 41.3 Å². The van der Waals surface area contributed by atoms with Gasteiger partial charge < -0.3 is 44.2 Å². The van der Waals surface area contributed by atoms with E-state index in [0.717, 1.165) is 41.6 Å². The number of nitrogens with zero attached hydrogens (tertiary/aromatic N) is 2. The maximum absolute atomic E-state index is 11.6. The number of halogens is 2. The first-order valence-corrected chi connectivity index (χ1v) is 12.7. The fourth-order valence-corrected chi connectivity index (χ4v) is 4.27. The van der Waals surface area contributed by atoms with Crippen molar-refractivity contribution in [1.29, 1.82) is 0 Å². The Morgan fingerprint density at radius 2 is 1.18 bits per heavy atom. The monoisotopic (exact) mass is 511 g/mol. The Morgan fingerprint density at radius 3 is 1.61 bits per heavy atom. The van der Waals surface area contributed by atoms with Crippen LogP contribution in [0.5, 0.6) is 0 Å². The van der Waals surface area contributed by atoms with Crippen LogP contribution in [0.4, 0.5) is 0 Å². The molecule has 1 unspecified atom stereocenters. The summed E-state index contributed by atoms with van der Waals surface area (Å²) in [5, 5.41) is 13.6. The third kappa shape index (κ3) is 23.2. The third-order valence-electron chi connectivity index (χ3n) is 6.14. The normalized spacial score (nSPS) is 12.5. The molecule has 200 valence electrons. The molecule has 33 heavy (non-hydrogen) atoms. The predicted octanol–water partition coefficient (Wildman–Crippen LogP) is -1.49.